The van der Waals surface area contributed by atoms with Gasteiger partial charge in [-0.15, -0.1) is 6.58 Å². The predicted molar refractivity (Wildman–Crippen MR) is 89.9 cm³/mol. The highest BCUT2D eigenvalue weighted by molar-refractivity contribution is 7.89. The van der Waals surface area contributed by atoms with Gasteiger partial charge in [-0.1, -0.05) is 54.1 Å². The van der Waals surface area contributed by atoms with Crippen LogP contribution in [0.4, 0.5) is 4.79 Å². The molecule has 0 aliphatic carbocycles. The zero-order valence-electron chi connectivity index (χ0n) is 13.1. The summed E-state index contributed by atoms with van der Waals surface area (Å²) >= 11 is 0. The van der Waals surface area contributed by atoms with Crippen molar-refractivity contribution in [2.24, 2.45) is 0 Å². The Labute approximate surface area is 141 Å². The highest BCUT2D eigenvalue weighted by atomic mass is 32.2. The van der Waals surface area contributed by atoms with E-state index in [2.05, 4.69) is 6.58 Å². The van der Waals surface area contributed by atoms with Crippen LogP contribution in [-0.4, -0.2) is 24.9 Å². The zero-order valence-corrected chi connectivity index (χ0v) is 13.9. The molecule has 0 N–H and O–H groups in total. The molecule has 124 valence electrons. The third-order valence-corrected chi connectivity index (χ3v) is 5.71. The summed E-state index contributed by atoms with van der Waals surface area (Å²) in [7, 11) is -4.02. The number of rotatable bonds is 4. The number of hydrogen-bond donors (Lipinski definition) is 0. The van der Waals surface area contributed by atoms with Gasteiger partial charge < -0.3 is 4.74 Å². The first-order chi connectivity index (χ1) is 11.4. The topological polar surface area (TPSA) is 63.7 Å². The number of nitrogens with zero attached hydrogens (tertiary/aromatic N) is 1. The minimum atomic E-state index is -4.02. The quantitative estimate of drug-likeness (QED) is 0.798. The Kier molecular flexibility index (Phi) is 4.15. The molecule has 1 amide bonds. The second kappa shape index (κ2) is 6.13. The first-order valence-corrected chi connectivity index (χ1v) is 8.88. The lowest BCUT2D eigenvalue weighted by molar-refractivity contribution is 0.134. The van der Waals surface area contributed by atoms with Gasteiger partial charge in [0, 0.05) is 0 Å². The van der Waals surface area contributed by atoms with E-state index in [1.807, 2.05) is 13.0 Å². The van der Waals surface area contributed by atoms with Crippen molar-refractivity contribution in [1.29, 1.82) is 0 Å². The van der Waals surface area contributed by atoms with Crippen molar-refractivity contribution in [3.05, 3.63) is 78.4 Å². The molecule has 0 aromatic heterocycles. The predicted octanol–water partition coefficient (Wildman–Crippen LogP) is 3.43. The molecule has 0 unspecified atom stereocenters. The van der Waals surface area contributed by atoms with Crippen molar-refractivity contribution in [2.45, 2.75) is 24.0 Å². The molecule has 0 radical (unpaired) electrons. The van der Waals surface area contributed by atoms with E-state index in [0.29, 0.717) is 0 Å². The Morgan fingerprint density at radius 3 is 2.29 bits per heavy atom. The Balaban J connectivity index is 2.02. The Morgan fingerprint density at radius 2 is 1.71 bits per heavy atom. The maximum atomic E-state index is 12.9. The fourth-order valence-corrected chi connectivity index (χ4v) is 4.15. The average Bonchev–Trinajstić information content (AvgIpc) is 2.93. The second-order valence-electron chi connectivity index (χ2n) is 5.56. The second-order valence-corrected chi connectivity index (χ2v) is 7.37. The van der Waals surface area contributed by atoms with Crippen LogP contribution in [0, 0.1) is 6.92 Å². The van der Waals surface area contributed by atoms with Crippen molar-refractivity contribution in [1.82, 2.24) is 4.31 Å². The van der Waals surface area contributed by atoms with E-state index < -0.39 is 28.3 Å². The van der Waals surface area contributed by atoms with Gasteiger partial charge in [0.2, 0.25) is 0 Å². The van der Waals surface area contributed by atoms with Crippen molar-refractivity contribution in [3.8, 4) is 0 Å². The van der Waals surface area contributed by atoms with Crippen LogP contribution < -0.4 is 0 Å². The maximum Gasteiger partial charge on any atom is 0.425 e. The smallest absolute Gasteiger partial charge is 0.425 e. The van der Waals surface area contributed by atoms with Gasteiger partial charge in [-0.25, -0.2) is 13.2 Å². The van der Waals surface area contributed by atoms with Crippen LogP contribution in [0.25, 0.3) is 0 Å². The first kappa shape index (κ1) is 16.3. The van der Waals surface area contributed by atoms with Crippen LogP contribution in [0.1, 0.15) is 17.2 Å². The third kappa shape index (κ3) is 2.69. The molecular formula is C18H17NO4S. The van der Waals surface area contributed by atoms with Gasteiger partial charge in [0.15, 0.2) is 6.10 Å². The van der Waals surface area contributed by atoms with E-state index in [-0.39, 0.29) is 4.90 Å². The molecule has 5 nitrogen and oxygen atoms in total. The molecular weight excluding hydrogens is 326 g/mol. The number of aryl methyl sites for hydroxylation is 1. The van der Waals surface area contributed by atoms with Crippen molar-refractivity contribution >= 4 is 16.1 Å². The SMILES string of the molecule is C=C[C@@H]1[C@@H](c2ccccc2)OC(=O)N1S(=O)(=O)c1ccc(C)cc1. The number of carbonyl (C=O) groups is 1. The third-order valence-electron chi connectivity index (χ3n) is 3.94. The molecule has 3 rings (SSSR count). The molecule has 1 heterocycles. The number of sulfonamides is 1. The molecule has 2 aromatic rings. The molecule has 0 spiro atoms. The standard InChI is InChI=1S/C18H17NO4S/c1-3-16-17(14-7-5-4-6-8-14)23-18(20)19(16)24(21,22)15-11-9-13(2)10-12-15/h3-12,16-17H,1H2,2H3/t16-,17-/m1/s1. The number of amides is 1. The lowest BCUT2D eigenvalue weighted by Crippen LogP contribution is -2.38. The molecule has 2 atom stereocenters. The van der Waals surface area contributed by atoms with E-state index >= 15 is 0 Å². The number of cyclic esters (lactones) is 1. The summed E-state index contributed by atoms with van der Waals surface area (Å²) in [5, 5.41) is 0. The molecule has 24 heavy (non-hydrogen) atoms. The average molecular weight is 343 g/mol. The van der Waals surface area contributed by atoms with Gasteiger partial charge >= 0.3 is 6.09 Å². The molecule has 2 aromatic carbocycles. The number of carbonyl (C=O) groups excluding carboxylic acids is 1. The minimum Gasteiger partial charge on any atom is -0.438 e. The summed E-state index contributed by atoms with van der Waals surface area (Å²) < 4.78 is 31.9. The number of benzene rings is 2. The molecule has 0 bridgehead atoms. The summed E-state index contributed by atoms with van der Waals surface area (Å²) in [4.78, 5) is 12.3. The summed E-state index contributed by atoms with van der Waals surface area (Å²) in [6.45, 7) is 5.55. The molecule has 1 fully saturated rings. The van der Waals surface area contributed by atoms with E-state index in [0.717, 1.165) is 15.4 Å². The van der Waals surface area contributed by atoms with E-state index in [4.69, 9.17) is 4.74 Å². The number of ether oxygens (including phenoxy) is 1. The lowest BCUT2D eigenvalue weighted by atomic mass is 10.0. The fourth-order valence-electron chi connectivity index (χ4n) is 2.68. The molecule has 1 saturated heterocycles. The van der Waals surface area contributed by atoms with Crippen LogP contribution >= 0.6 is 0 Å². The Bertz CT molecular complexity index is 860. The normalized spacial score (nSPS) is 20.7. The monoisotopic (exact) mass is 343 g/mol. The van der Waals surface area contributed by atoms with Crippen LogP contribution in [0.5, 0.6) is 0 Å². The molecule has 0 saturated carbocycles. The van der Waals surface area contributed by atoms with Gasteiger partial charge in [-0.3, -0.25) is 0 Å². The van der Waals surface area contributed by atoms with E-state index in [9.17, 15) is 13.2 Å². The van der Waals surface area contributed by atoms with Gasteiger partial charge in [0.1, 0.15) is 6.04 Å². The van der Waals surface area contributed by atoms with Gasteiger partial charge in [0.25, 0.3) is 10.0 Å². The molecule has 1 aliphatic rings. The fraction of sp³-hybridized carbons (Fsp3) is 0.167. The Morgan fingerprint density at radius 1 is 1.08 bits per heavy atom. The molecule has 6 heteroatoms. The van der Waals surface area contributed by atoms with Crippen LogP contribution in [0.15, 0.2) is 72.1 Å². The summed E-state index contributed by atoms with van der Waals surface area (Å²) in [6.07, 6.45) is -0.181. The van der Waals surface area contributed by atoms with Crippen LogP contribution in [0.3, 0.4) is 0 Å². The van der Waals surface area contributed by atoms with Crippen LogP contribution in [0.2, 0.25) is 0 Å². The van der Waals surface area contributed by atoms with E-state index in [1.165, 1.54) is 18.2 Å². The minimum absolute atomic E-state index is 0.0469. The molecule has 1 aliphatic heterocycles. The number of hydrogen-bond acceptors (Lipinski definition) is 4. The summed E-state index contributed by atoms with van der Waals surface area (Å²) in [6, 6.07) is 14.6. The van der Waals surface area contributed by atoms with Gasteiger partial charge in [0.05, 0.1) is 4.90 Å². The van der Waals surface area contributed by atoms with Crippen molar-refractivity contribution in [3.63, 3.8) is 0 Å². The van der Waals surface area contributed by atoms with Crippen LogP contribution in [-0.2, 0) is 14.8 Å². The highest BCUT2D eigenvalue weighted by Gasteiger charge is 2.47. The largest absolute Gasteiger partial charge is 0.438 e. The van der Waals surface area contributed by atoms with Crippen molar-refractivity contribution in [2.75, 3.05) is 0 Å². The van der Waals surface area contributed by atoms with Gasteiger partial charge in [-0.05, 0) is 24.6 Å². The Hall–Kier alpha value is -2.60. The lowest BCUT2D eigenvalue weighted by Gasteiger charge is -2.21. The first-order valence-electron chi connectivity index (χ1n) is 7.44. The van der Waals surface area contributed by atoms with Crippen molar-refractivity contribution < 1.29 is 17.9 Å². The summed E-state index contributed by atoms with van der Waals surface area (Å²) in [5.41, 5.74) is 1.65. The zero-order chi connectivity index (χ0) is 17.3. The summed E-state index contributed by atoms with van der Waals surface area (Å²) in [5.74, 6) is 0. The van der Waals surface area contributed by atoms with E-state index in [1.54, 1.807) is 36.4 Å². The highest BCUT2D eigenvalue weighted by Crippen LogP contribution is 2.36. The maximum absolute atomic E-state index is 12.9. The van der Waals surface area contributed by atoms with Gasteiger partial charge in [-0.2, -0.15) is 4.31 Å².